The Morgan fingerprint density at radius 2 is 1.72 bits per heavy atom. The van der Waals surface area contributed by atoms with Crippen LogP contribution in [-0.4, -0.2) is 78.3 Å². The number of nitrogens with one attached hydrogen (secondary N) is 1. The second kappa shape index (κ2) is 13.8. The van der Waals surface area contributed by atoms with Crippen molar-refractivity contribution in [3.8, 4) is 5.75 Å². The highest BCUT2D eigenvalue weighted by Crippen LogP contribution is 2.31. The summed E-state index contributed by atoms with van der Waals surface area (Å²) in [6.07, 6.45) is 6.39. The molecule has 10 heteroatoms. The van der Waals surface area contributed by atoms with Crippen molar-refractivity contribution in [2.45, 2.75) is 77.9 Å². The van der Waals surface area contributed by atoms with Gasteiger partial charge in [-0.05, 0) is 42.0 Å². The van der Waals surface area contributed by atoms with E-state index < -0.39 is 23.3 Å². The topological polar surface area (TPSA) is 125 Å². The average Bonchev–Trinajstić information content (AvgIpc) is 3.43. The second-order valence-corrected chi connectivity index (χ2v) is 11.8. The van der Waals surface area contributed by atoms with Crippen molar-refractivity contribution in [2.24, 2.45) is 17.3 Å². The highest BCUT2D eigenvalue weighted by Gasteiger charge is 2.39. The third kappa shape index (κ3) is 8.68. The lowest BCUT2D eigenvalue weighted by molar-refractivity contribution is -0.156. The standard InChI is InChI=1S/C29H43N3O7/c1-29(2,3)25(30-26(34)22(18-32(37)19-33)17-20-7-5-6-8-20)27(35)31-15-13-24(14-16-31)39-23-11-9-21(10-12-23)28(36)38-4/h9-12,19-20,22,24-25,37H,5-8,13-18H2,1-4H3,(H,30,34)/t22-,25-/m1/s1. The van der Waals surface area contributed by atoms with E-state index in [4.69, 9.17) is 9.47 Å². The van der Waals surface area contributed by atoms with Crippen LogP contribution in [0.4, 0.5) is 0 Å². The molecule has 2 atom stereocenters. The summed E-state index contributed by atoms with van der Waals surface area (Å²) in [7, 11) is 1.34. The lowest BCUT2D eigenvalue weighted by Gasteiger charge is -2.39. The zero-order chi connectivity index (χ0) is 28.6. The third-order valence-corrected chi connectivity index (χ3v) is 7.72. The maximum atomic E-state index is 13.6. The zero-order valence-corrected chi connectivity index (χ0v) is 23.6. The van der Waals surface area contributed by atoms with Crippen molar-refractivity contribution >= 4 is 24.2 Å². The summed E-state index contributed by atoms with van der Waals surface area (Å²) in [5, 5.41) is 13.3. The molecular weight excluding hydrogens is 502 g/mol. The number of hydrogen-bond acceptors (Lipinski definition) is 7. The molecule has 1 heterocycles. The first kappa shape index (κ1) is 30.4. The van der Waals surface area contributed by atoms with Gasteiger partial charge in [0, 0.05) is 25.9 Å². The van der Waals surface area contributed by atoms with Crippen molar-refractivity contribution < 1.29 is 33.9 Å². The molecule has 2 fully saturated rings. The van der Waals surface area contributed by atoms with Gasteiger partial charge in [-0.1, -0.05) is 46.5 Å². The summed E-state index contributed by atoms with van der Waals surface area (Å²) in [4.78, 5) is 51.5. The molecule has 1 saturated carbocycles. The van der Waals surface area contributed by atoms with Gasteiger partial charge in [-0.2, -0.15) is 0 Å². The second-order valence-electron chi connectivity index (χ2n) is 11.8. The molecule has 39 heavy (non-hydrogen) atoms. The molecule has 1 aliphatic heterocycles. The quantitative estimate of drug-likeness (QED) is 0.189. The van der Waals surface area contributed by atoms with Crippen LogP contribution < -0.4 is 10.1 Å². The number of rotatable bonds is 11. The molecule has 0 aromatic heterocycles. The molecule has 3 rings (SSSR count). The van der Waals surface area contributed by atoms with Crippen LogP contribution in [0.15, 0.2) is 24.3 Å². The van der Waals surface area contributed by atoms with E-state index in [1.54, 1.807) is 29.2 Å². The summed E-state index contributed by atoms with van der Waals surface area (Å²) in [5.74, 6) is -0.437. The highest BCUT2D eigenvalue weighted by atomic mass is 16.5. The van der Waals surface area contributed by atoms with Gasteiger partial charge < -0.3 is 19.7 Å². The molecular formula is C29H43N3O7. The minimum Gasteiger partial charge on any atom is -0.490 e. The Balaban J connectivity index is 1.60. The Bertz CT molecular complexity index is 978. The molecule has 1 aromatic carbocycles. The number of carbonyl (C=O) groups excluding carboxylic acids is 4. The number of amides is 3. The van der Waals surface area contributed by atoms with Gasteiger partial charge in [-0.15, -0.1) is 0 Å². The van der Waals surface area contributed by atoms with Crippen LogP contribution in [0.2, 0.25) is 0 Å². The molecule has 2 N–H and O–H groups in total. The number of carbonyl (C=O) groups is 4. The number of esters is 1. The number of ether oxygens (including phenoxy) is 2. The first-order valence-electron chi connectivity index (χ1n) is 13.9. The smallest absolute Gasteiger partial charge is 0.337 e. The molecule has 10 nitrogen and oxygen atoms in total. The summed E-state index contributed by atoms with van der Waals surface area (Å²) in [6.45, 7) is 6.64. The van der Waals surface area contributed by atoms with Crippen LogP contribution in [0.3, 0.4) is 0 Å². The van der Waals surface area contributed by atoms with Crippen LogP contribution in [0, 0.1) is 17.3 Å². The van der Waals surface area contributed by atoms with E-state index in [-0.39, 0.29) is 24.5 Å². The maximum Gasteiger partial charge on any atom is 0.337 e. The Kier molecular flexibility index (Phi) is 10.7. The van der Waals surface area contributed by atoms with E-state index >= 15 is 0 Å². The van der Waals surface area contributed by atoms with Crippen molar-refractivity contribution in [1.29, 1.82) is 0 Å². The fourth-order valence-electron chi connectivity index (χ4n) is 5.45. The highest BCUT2D eigenvalue weighted by molar-refractivity contribution is 5.90. The Labute approximate surface area is 231 Å². The number of nitrogens with zero attached hydrogens (tertiary/aromatic N) is 2. The molecule has 1 aromatic rings. The van der Waals surface area contributed by atoms with Crippen molar-refractivity contribution in [3.63, 3.8) is 0 Å². The number of likely N-dealkylation sites (tertiary alicyclic amines) is 1. The fraction of sp³-hybridized carbons (Fsp3) is 0.655. The lowest BCUT2D eigenvalue weighted by atomic mass is 9.84. The van der Waals surface area contributed by atoms with Gasteiger partial charge in [0.05, 0.1) is 25.1 Å². The van der Waals surface area contributed by atoms with Gasteiger partial charge in [0.2, 0.25) is 18.2 Å². The molecule has 2 aliphatic rings. The minimum absolute atomic E-state index is 0.0737. The summed E-state index contributed by atoms with van der Waals surface area (Å²) < 4.78 is 10.8. The molecule has 216 valence electrons. The van der Waals surface area contributed by atoms with Crippen molar-refractivity contribution in [1.82, 2.24) is 15.3 Å². The van der Waals surface area contributed by atoms with Gasteiger partial charge >= 0.3 is 5.97 Å². The molecule has 0 radical (unpaired) electrons. The van der Waals surface area contributed by atoms with E-state index in [9.17, 15) is 24.4 Å². The SMILES string of the molecule is COC(=O)c1ccc(OC2CCN(C(=O)[C@@H](NC(=O)[C@H](CC3CCCC3)CN(O)C=O)C(C)(C)C)CC2)cc1. The molecule has 0 bridgehead atoms. The van der Waals surface area contributed by atoms with Crippen LogP contribution >= 0.6 is 0 Å². The predicted octanol–water partition coefficient (Wildman–Crippen LogP) is 3.42. The monoisotopic (exact) mass is 545 g/mol. The maximum absolute atomic E-state index is 13.6. The Morgan fingerprint density at radius 1 is 1.10 bits per heavy atom. The van der Waals surface area contributed by atoms with Crippen LogP contribution in [0.5, 0.6) is 5.75 Å². The molecule has 1 aliphatic carbocycles. The normalized spacial score (nSPS) is 18.2. The van der Waals surface area contributed by atoms with E-state index in [0.717, 1.165) is 25.7 Å². The van der Waals surface area contributed by atoms with E-state index in [1.165, 1.54) is 7.11 Å². The molecule has 0 unspecified atom stereocenters. The van der Waals surface area contributed by atoms with Crippen LogP contribution in [0.25, 0.3) is 0 Å². The Morgan fingerprint density at radius 3 is 2.26 bits per heavy atom. The number of hydrogen-bond donors (Lipinski definition) is 2. The zero-order valence-electron chi connectivity index (χ0n) is 23.6. The molecule has 3 amide bonds. The van der Waals surface area contributed by atoms with Gasteiger partial charge in [0.25, 0.3) is 0 Å². The average molecular weight is 546 g/mol. The van der Waals surface area contributed by atoms with Crippen molar-refractivity contribution in [2.75, 3.05) is 26.7 Å². The minimum atomic E-state index is -0.747. The summed E-state index contributed by atoms with van der Waals surface area (Å²) >= 11 is 0. The first-order valence-corrected chi connectivity index (χ1v) is 13.9. The van der Waals surface area contributed by atoms with Gasteiger partial charge in [0.1, 0.15) is 17.9 Å². The summed E-state index contributed by atoms with van der Waals surface area (Å²) in [6, 6.07) is 6.02. The number of piperidine rings is 1. The number of hydroxylamine groups is 2. The van der Waals surface area contributed by atoms with Crippen LogP contribution in [-0.2, 0) is 19.1 Å². The van der Waals surface area contributed by atoms with Gasteiger partial charge in [0.15, 0.2) is 0 Å². The number of methoxy groups -OCH3 is 1. The van der Waals surface area contributed by atoms with Gasteiger partial charge in [-0.3, -0.25) is 19.6 Å². The molecule has 1 saturated heterocycles. The van der Waals surface area contributed by atoms with E-state index in [2.05, 4.69) is 5.32 Å². The van der Waals surface area contributed by atoms with E-state index in [1.807, 2.05) is 20.8 Å². The fourth-order valence-corrected chi connectivity index (χ4v) is 5.45. The Hall–Kier alpha value is -3.14. The first-order chi connectivity index (χ1) is 18.5. The van der Waals surface area contributed by atoms with Crippen molar-refractivity contribution in [3.05, 3.63) is 29.8 Å². The third-order valence-electron chi connectivity index (χ3n) is 7.72. The lowest BCUT2D eigenvalue weighted by Crippen LogP contribution is -2.58. The summed E-state index contributed by atoms with van der Waals surface area (Å²) in [5.41, 5.74) is -0.0907. The predicted molar refractivity (Wildman–Crippen MR) is 144 cm³/mol. The van der Waals surface area contributed by atoms with Gasteiger partial charge in [-0.25, -0.2) is 9.86 Å². The number of benzene rings is 1. The van der Waals surface area contributed by atoms with E-state index in [0.29, 0.717) is 61.1 Å². The van der Waals surface area contributed by atoms with Crippen LogP contribution in [0.1, 0.15) is 76.1 Å². The largest absolute Gasteiger partial charge is 0.490 e. The molecule has 0 spiro atoms.